The van der Waals surface area contributed by atoms with Crippen LogP contribution in [-0.4, -0.2) is 19.6 Å². The molecule has 3 N–H and O–H groups in total. The van der Waals surface area contributed by atoms with E-state index in [4.69, 9.17) is 15.2 Å². The van der Waals surface area contributed by atoms with E-state index in [1.54, 1.807) is 13.2 Å². The van der Waals surface area contributed by atoms with Crippen LogP contribution in [0.4, 0.5) is 11.4 Å². The lowest BCUT2D eigenvalue weighted by atomic mass is 10.1. The molecule has 0 bridgehead atoms. The first-order valence-corrected chi connectivity index (χ1v) is 7.57. The first-order valence-electron chi connectivity index (χ1n) is 7.57. The zero-order valence-electron chi connectivity index (χ0n) is 13.5. The van der Waals surface area contributed by atoms with E-state index in [0.29, 0.717) is 36.6 Å². The van der Waals surface area contributed by atoms with Crippen LogP contribution in [0.3, 0.4) is 0 Å². The highest BCUT2D eigenvalue weighted by atomic mass is 16.5. The maximum Gasteiger partial charge on any atom is 0.224 e. The molecule has 0 spiro atoms. The Labute approximate surface area is 136 Å². The van der Waals surface area contributed by atoms with Crippen LogP contribution in [0.25, 0.3) is 0 Å². The molecule has 23 heavy (non-hydrogen) atoms. The van der Waals surface area contributed by atoms with Crippen molar-refractivity contribution in [2.75, 3.05) is 24.8 Å². The van der Waals surface area contributed by atoms with Gasteiger partial charge in [0.2, 0.25) is 5.91 Å². The number of amides is 1. The fraction of sp³-hybridized carbons (Fsp3) is 0.278. The van der Waals surface area contributed by atoms with Crippen LogP contribution >= 0.6 is 0 Å². The summed E-state index contributed by atoms with van der Waals surface area (Å²) >= 11 is 0. The van der Waals surface area contributed by atoms with Gasteiger partial charge < -0.3 is 20.5 Å². The number of nitrogens with one attached hydrogen (secondary N) is 1. The summed E-state index contributed by atoms with van der Waals surface area (Å²) in [7, 11) is 1.59. The summed E-state index contributed by atoms with van der Waals surface area (Å²) in [6.07, 6.45) is 0.997. The number of nitrogens with two attached hydrogens (primary N) is 1. The highest BCUT2D eigenvalue weighted by molar-refractivity contribution is 5.91. The SMILES string of the molecule is CCOc1ccc(CCC(=O)Nc2cccc(OC)c2)cc1N. The van der Waals surface area contributed by atoms with Crippen molar-refractivity contribution in [3.05, 3.63) is 48.0 Å². The minimum atomic E-state index is -0.0503. The first kappa shape index (κ1) is 16.7. The lowest BCUT2D eigenvalue weighted by molar-refractivity contribution is -0.116. The molecule has 0 aliphatic rings. The van der Waals surface area contributed by atoms with Gasteiger partial charge in [0.05, 0.1) is 19.4 Å². The van der Waals surface area contributed by atoms with E-state index in [-0.39, 0.29) is 5.91 Å². The van der Waals surface area contributed by atoms with Crippen molar-refractivity contribution in [3.8, 4) is 11.5 Å². The van der Waals surface area contributed by atoms with E-state index in [1.807, 2.05) is 43.3 Å². The van der Waals surface area contributed by atoms with Crippen LogP contribution in [0.15, 0.2) is 42.5 Å². The number of methoxy groups -OCH3 is 1. The minimum Gasteiger partial charge on any atom is -0.497 e. The number of hydrogen-bond donors (Lipinski definition) is 2. The molecule has 2 aromatic carbocycles. The van der Waals surface area contributed by atoms with Gasteiger partial charge in [-0.05, 0) is 43.2 Å². The predicted molar refractivity (Wildman–Crippen MR) is 92.0 cm³/mol. The van der Waals surface area contributed by atoms with Crippen LogP contribution < -0.4 is 20.5 Å². The Morgan fingerprint density at radius 1 is 1.22 bits per heavy atom. The molecule has 0 heterocycles. The van der Waals surface area contributed by atoms with Gasteiger partial charge in [-0.3, -0.25) is 4.79 Å². The molecule has 0 unspecified atom stereocenters. The number of hydrogen-bond acceptors (Lipinski definition) is 4. The molecule has 0 radical (unpaired) electrons. The predicted octanol–water partition coefficient (Wildman–Crippen LogP) is 3.25. The molecule has 0 fully saturated rings. The quantitative estimate of drug-likeness (QED) is 0.769. The fourth-order valence-corrected chi connectivity index (χ4v) is 2.22. The van der Waals surface area contributed by atoms with Crippen LogP contribution in [0.1, 0.15) is 18.9 Å². The van der Waals surface area contributed by atoms with Gasteiger partial charge in [-0.25, -0.2) is 0 Å². The average molecular weight is 314 g/mol. The summed E-state index contributed by atoms with van der Waals surface area (Å²) in [5, 5.41) is 2.86. The molecule has 122 valence electrons. The summed E-state index contributed by atoms with van der Waals surface area (Å²) in [4.78, 5) is 12.0. The van der Waals surface area contributed by atoms with Gasteiger partial charge in [-0.1, -0.05) is 12.1 Å². The second-order valence-corrected chi connectivity index (χ2v) is 5.09. The number of aryl methyl sites for hydroxylation is 1. The van der Waals surface area contributed by atoms with Crippen LogP contribution in [0, 0.1) is 0 Å². The Kier molecular flexibility index (Phi) is 5.86. The van der Waals surface area contributed by atoms with Gasteiger partial charge in [-0.15, -0.1) is 0 Å². The molecule has 0 saturated heterocycles. The van der Waals surface area contributed by atoms with Gasteiger partial charge in [0.15, 0.2) is 0 Å². The topological polar surface area (TPSA) is 73.6 Å². The summed E-state index contributed by atoms with van der Waals surface area (Å²) in [5.41, 5.74) is 8.25. The van der Waals surface area contributed by atoms with Crippen molar-refractivity contribution in [3.63, 3.8) is 0 Å². The molecule has 0 aliphatic carbocycles. The van der Waals surface area contributed by atoms with E-state index in [9.17, 15) is 4.79 Å². The molecule has 5 nitrogen and oxygen atoms in total. The third-order valence-corrected chi connectivity index (χ3v) is 3.37. The Morgan fingerprint density at radius 3 is 2.74 bits per heavy atom. The Bertz CT molecular complexity index is 671. The maximum absolute atomic E-state index is 12.0. The summed E-state index contributed by atoms with van der Waals surface area (Å²) < 4.78 is 10.5. The molecule has 0 saturated carbocycles. The normalized spacial score (nSPS) is 10.2. The van der Waals surface area contributed by atoms with Gasteiger partial charge in [0.25, 0.3) is 0 Å². The second-order valence-electron chi connectivity index (χ2n) is 5.09. The minimum absolute atomic E-state index is 0.0503. The molecule has 0 atom stereocenters. The lowest BCUT2D eigenvalue weighted by Crippen LogP contribution is -2.12. The highest BCUT2D eigenvalue weighted by Crippen LogP contribution is 2.23. The van der Waals surface area contributed by atoms with Crippen molar-refractivity contribution in [1.82, 2.24) is 0 Å². The number of rotatable bonds is 7. The van der Waals surface area contributed by atoms with Gasteiger partial charge in [-0.2, -0.15) is 0 Å². The zero-order valence-corrected chi connectivity index (χ0v) is 13.5. The fourth-order valence-electron chi connectivity index (χ4n) is 2.22. The third kappa shape index (κ3) is 4.92. The number of carbonyl (C=O) groups is 1. The number of benzene rings is 2. The van der Waals surface area contributed by atoms with E-state index in [1.165, 1.54) is 0 Å². The van der Waals surface area contributed by atoms with E-state index < -0.39 is 0 Å². The number of anilines is 2. The third-order valence-electron chi connectivity index (χ3n) is 3.37. The summed E-state index contributed by atoms with van der Waals surface area (Å²) in [5.74, 6) is 1.34. The molecular formula is C18H22N2O3. The van der Waals surface area contributed by atoms with Crippen LogP contribution in [0.2, 0.25) is 0 Å². The molecule has 2 aromatic rings. The van der Waals surface area contributed by atoms with Crippen molar-refractivity contribution < 1.29 is 14.3 Å². The van der Waals surface area contributed by atoms with Crippen molar-refractivity contribution >= 4 is 17.3 Å². The van der Waals surface area contributed by atoms with Crippen molar-refractivity contribution in [1.29, 1.82) is 0 Å². The largest absolute Gasteiger partial charge is 0.497 e. The van der Waals surface area contributed by atoms with Crippen LogP contribution in [-0.2, 0) is 11.2 Å². The summed E-state index contributed by atoms with van der Waals surface area (Å²) in [6, 6.07) is 12.9. The van der Waals surface area contributed by atoms with Crippen LogP contribution in [0.5, 0.6) is 11.5 Å². The monoisotopic (exact) mass is 314 g/mol. The average Bonchev–Trinajstić information content (AvgIpc) is 2.55. The lowest BCUT2D eigenvalue weighted by Gasteiger charge is -2.09. The zero-order chi connectivity index (χ0) is 16.7. The number of carbonyl (C=O) groups excluding carboxylic acids is 1. The number of nitrogen functional groups attached to an aromatic ring is 1. The highest BCUT2D eigenvalue weighted by Gasteiger charge is 2.06. The Balaban J connectivity index is 1.90. The van der Waals surface area contributed by atoms with E-state index in [0.717, 1.165) is 11.3 Å². The smallest absolute Gasteiger partial charge is 0.224 e. The number of ether oxygens (including phenoxy) is 2. The molecule has 0 aromatic heterocycles. The molecular weight excluding hydrogens is 292 g/mol. The first-order chi connectivity index (χ1) is 11.1. The van der Waals surface area contributed by atoms with Gasteiger partial charge in [0.1, 0.15) is 11.5 Å². The Morgan fingerprint density at radius 2 is 2.04 bits per heavy atom. The molecule has 0 aliphatic heterocycles. The summed E-state index contributed by atoms with van der Waals surface area (Å²) in [6.45, 7) is 2.49. The molecule has 5 heteroatoms. The van der Waals surface area contributed by atoms with Crippen molar-refractivity contribution in [2.24, 2.45) is 0 Å². The molecule has 1 amide bonds. The molecule has 2 rings (SSSR count). The van der Waals surface area contributed by atoms with Crippen molar-refractivity contribution in [2.45, 2.75) is 19.8 Å². The van der Waals surface area contributed by atoms with E-state index in [2.05, 4.69) is 5.32 Å². The van der Waals surface area contributed by atoms with Gasteiger partial charge in [0, 0.05) is 18.2 Å². The van der Waals surface area contributed by atoms with Gasteiger partial charge >= 0.3 is 0 Å². The standard InChI is InChI=1S/C18H22N2O3/c1-3-23-17-9-7-13(11-16(17)19)8-10-18(21)20-14-5-4-6-15(12-14)22-2/h4-7,9,11-12H,3,8,10,19H2,1-2H3,(H,20,21). The van der Waals surface area contributed by atoms with E-state index >= 15 is 0 Å². The second kappa shape index (κ2) is 8.08. The Hall–Kier alpha value is -2.69. The maximum atomic E-state index is 12.0.